The fourth-order valence-corrected chi connectivity index (χ4v) is 9.83. The zero-order chi connectivity index (χ0) is 50.8. The number of nitrogens with zero attached hydrogens (tertiary/aromatic N) is 4. The molecule has 6 aliphatic rings. The summed E-state index contributed by atoms with van der Waals surface area (Å²) in [6.45, 7) is 16.8. The molecule has 1 aromatic heterocycles. The highest BCUT2D eigenvalue weighted by Crippen LogP contribution is 2.49. The molecule has 2 saturated heterocycles. The summed E-state index contributed by atoms with van der Waals surface area (Å²) in [7, 11) is 2.40. The Labute approximate surface area is 406 Å². The van der Waals surface area contributed by atoms with E-state index in [0.717, 1.165) is 36.8 Å². The Kier molecular flexibility index (Phi) is 15.3. The third-order valence-electron chi connectivity index (χ3n) is 13.5. The zero-order valence-electron chi connectivity index (χ0n) is 40.7. The number of likely N-dealkylation sites (tertiary alicyclic amines) is 2. The van der Waals surface area contributed by atoms with Gasteiger partial charge in [0.05, 0.1) is 62.2 Å². The van der Waals surface area contributed by atoms with E-state index in [0.29, 0.717) is 64.7 Å². The maximum Gasteiger partial charge on any atom is 0.407 e. The summed E-state index contributed by atoms with van der Waals surface area (Å²) in [4.78, 5) is 64.3. The number of H-pyrrole nitrogens is 1. The molecular formula is C51H64F3N9O7. The number of nitrogens with one attached hydrogen (secondary N) is 4. The Hall–Kier alpha value is -6.92. The number of aromatic nitrogens is 2. The highest BCUT2D eigenvalue weighted by molar-refractivity contribution is 5.87. The number of ether oxygens (including phenoxy) is 3. The van der Waals surface area contributed by atoms with Crippen LogP contribution in [0.25, 0.3) is 5.57 Å². The van der Waals surface area contributed by atoms with Crippen molar-refractivity contribution < 1.29 is 46.6 Å². The number of alkyl carbamates (subject to hydrolysis) is 2. The molecular weight excluding hydrogens is 908 g/mol. The molecule has 0 spiro atoms. The number of rotatable bonds is 15. The van der Waals surface area contributed by atoms with Gasteiger partial charge in [-0.1, -0.05) is 71.2 Å². The Morgan fingerprint density at radius 2 is 1.67 bits per heavy atom. The Morgan fingerprint density at radius 1 is 1.00 bits per heavy atom. The van der Waals surface area contributed by atoms with Gasteiger partial charge in [-0.3, -0.25) is 9.59 Å². The average molecular weight is 972 g/mol. The molecule has 0 saturated carbocycles. The van der Waals surface area contributed by atoms with Gasteiger partial charge < -0.3 is 55.6 Å². The molecule has 4 aliphatic heterocycles. The molecule has 0 aromatic carbocycles. The number of halogens is 3. The Morgan fingerprint density at radius 3 is 2.29 bits per heavy atom. The van der Waals surface area contributed by atoms with Crippen molar-refractivity contribution in [3.63, 3.8) is 0 Å². The van der Waals surface area contributed by atoms with Crippen LogP contribution in [0.3, 0.4) is 0 Å². The summed E-state index contributed by atoms with van der Waals surface area (Å²) in [6.07, 6.45) is 16.6. The normalized spacial score (nSPS) is 23.9. The molecule has 6 N–H and O–H groups in total. The second-order valence-electron chi connectivity index (χ2n) is 18.9. The lowest BCUT2D eigenvalue weighted by Crippen LogP contribution is -2.53. The number of amides is 4. The molecule has 1 aromatic rings. The number of aromatic amines is 1. The highest BCUT2D eigenvalue weighted by Gasteiger charge is 2.51. The minimum Gasteiger partial charge on any atom is -0.470 e. The summed E-state index contributed by atoms with van der Waals surface area (Å²) in [5.74, 6) is -4.25. The van der Waals surface area contributed by atoms with E-state index < -0.39 is 79.1 Å². The number of allylic oxidation sites excluding steroid dienone is 7. The van der Waals surface area contributed by atoms with E-state index >= 15 is 13.2 Å². The lowest BCUT2D eigenvalue weighted by Gasteiger charge is -2.42. The van der Waals surface area contributed by atoms with Crippen molar-refractivity contribution in [1.29, 1.82) is 0 Å². The van der Waals surface area contributed by atoms with Crippen LogP contribution in [0.1, 0.15) is 90.7 Å². The molecule has 0 bridgehead atoms. The molecule has 4 amide bonds. The van der Waals surface area contributed by atoms with Gasteiger partial charge in [0, 0.05) is 41.6 Å². The third kappa shape index (κ3) is 10.3. The lowest BCUT2D eigenvalue weighted by atomic mass is 9.92. The van der Waals surface area contributed by atoms with Crippen molar-refractivity contribution in [2.45, 2.75) is 116 Å². The van der Waals surface area contributed by atoms with Crippen LogP contribution in [-0.2, 0) is 23.8 Å². The van der Waals surface area contributed by atoms with Gasteiger partial charge in [-0.15, -0.1) is 0 Å². The van der Waals surface area contributed by atoms with Crippen LogP contribution >= 0.6 is 0 Å². The van der Waals surface area contributed by atoms with Gasteiger partial charge in [0.25, 0.3) is 5.92 Å². The minimum atomic E-state index is -3.25. The van der Waals surface area contributed by atoms with Crippen LogP contribution in [0.15, 0.2) is 119 Å². The van der Waals surface area contributed by atoms with E-state index in [-0.39, 0.29) is 29.3 Å². The van der Waals surface area contributed by atoms with Crippen LogP contribution in [0, 0.1) is 11.8 Å². The maximum absolute atomic E-state index is 17.4. The number of nitrogens with two attached hydrogens (primary N) is 1. The van der Waals surface area contributed by atoms with Gasteiger partial charge in [-0.2, -0.15) is 0 Å². The molecule has 2 fully saturated rings. The first-order chi connectivity index (χ1) is 33.3. The summed E-state index contributed by atoms with van der Waals surface area (Å²) in [6, 6.07) is -3.95. The predicted octanol–water partition coefficient (Wildman–Crippen LogP) is 7.57. The standard InChI is InChI=1S/C51H64F3N9O7/c1-27(2)42(59-49(66)68-8)46(64)61-21-13-16-39(61)45-56-25-37(58-45)29(5)17-19-34-31(7)70-48(32-14-11-10-12-15-32)63-38-20-18-33(22-35(38)41(52)44(34)63)36(24-55)57-30(6)40-23-51(53,54)26-62(40)47(65)43(28(3)4)60-50(67)69-9/h11,14-15,17-19,22,24-25,27-28,38-40,42-43,48,57H,5-6,10,12-13,16,20-21,23,26,55H2,1-4,7-9H3,(H,56,58)(H,59,66)(H,60,67)/b19-17-,36-24-/t38?,39-,40+,42-,43-,48?/m0/s1. The fourth-order valence-electron chi connectivity index (χ4n) is 9.83. The van der Waals surface area contributed by atoms with Crippen LogP contribution in [0.5, 0.6) is 0 Å². The van der Waals surface area contributed by atoms with Crippen LogP contribution in [-0.4, -0.2) is 112 Å². The smallest absolute Gasteiger partial charge is 0.407 e. The van der Waals surface area contributed by atoms with Gasteiger partial charge in [0.15, 0.2) is 12.1 Å². The molecule has 70 heavy (non-hydrogen) atoms. The van der Waals surface area contributed by atoms with Crippen molar-refractivity contribution in [3.05, 3.63) is 131 Å². The SMILES string of the molecule is C=C(/C=C\C1=C(C)OC(C2=CCCC=C2)N2C1=C(F)C1=CC(/C(=C/N)NC(=C)[C@H]3CC(F)(F)CN3C(=O)[C@@H](NC(=O)OC)C(C)C)=CCC12)c1cnc([C@@H]2CCCN2C(=O)[C@@H](NC(=O)OC)C(C)C)[nH]1. The zero-order valence-corrected chi connectivity index (χ0v) is 40.7. The highest BCUT2D eigenvalue weighted by atomic mass is 19.3. The van der Waals surface area contributed by atoms with E-state index in [4.69, 9.17) is 15.2 Å². The largest absolute Gasteiger partial charge is 0.470 e. The fraction of sp³-hybridized carbons (Fsp3) is 0.471. The predicted molar refractivity (Wildman–Crippen MR) is 257 cm³/mol. The monoisotopic (exact) mass is 971 g/mol. The van der Waals surface area contributed by atoms with Gasteiger partial charge in [0.2, 0.25) is 11.8 Å². The summed E-state index contributed by atoms with van der Waals surface area (Å²) >= 11 is 0. The van der Waals surface area contributed by atoms with E-state index in [1.54, 1.807) is 50.1 Å². The molecule has 6 atom stereocenters. The van der Waals surface area contributed by atoms with E-state index in [1.807, 2.05) is 30.9 Å². The first-order valence-corrected chi connectivity index (χ1v) is 23.6. The maximum atomic E-state index is 17.4. The Bertz CT molecular complexity index is 2550. The number of alkyl halides is 2. The van der Waals surface area contributed by atoms with Crippen molar-refractivity contribution >= 4 is 29.6 Å². The van der Waals surface area contributed by atoms with Crippen molar-refractivity contribution in [2.24, 2.45) is 17.6 Å². The molecule has 2 aliphatic carbocycles. The first kappa shape index (κ1) is 50.9. The van der Waals surface area contributed by atoms with Gasteiger partial charge >= 0.3 is 12.2 Å². The molecule has 5 heterocycles. The molecule has 16 nitrogen and oxygen atoms in total. The first-order valence-electron chi connectivity index (χ1n) is 23.6. The topological polar surface area (TPSA) is 196 Å². The van der Waals surface area contributed by atoms with E-state index in [9.17, 15) is 19.2 Å². The summed E-state index contributed by atoms with van der Waals surface area (Å²) in [5, 5.41) is 8.19. The van der Waals surface area contributed by atoms with Gasteiger partial charge in [-0.25, -0.2) is 27.7 Å². The summed E-state index contributed by atoms with van der Waals surface area (Å²) in [5.41, 5.74) is 10.2. The lowest BCUT2D eigenvalue weighted by molar-refractivity contribution is -0.136. The van der Waals surface area contributed by atoms with Crippen LogP contribution in [0.2, 0.25) is 0 Å². The average Bonchev–Trinajstić information content (AvgIpc) is 4.15. The number of carbonyl (C=O) groups is 4. The molecule has 2 unspecified atom stereocenters. The van der Waals surface area contributed by atoms with E-state index in [1.165, 1.54) is 13.3 Å². The van der Waals surface area contributed by atoms with Gasteiger partial charge in [0.1, 0.15) is 23.7 Å². The number of methoxy groups -OCH3 is 2. The minimum absolute atomic E-state index is 0.0636. The number of fused-ring (bicyclic) bond motifs is 3. The third-order valence-corrected chi connectivity index (χ3v) is 13.5. The number of imidazole rings is 1. The molecule has 19 heteroatoms. The van der Waals surface area contributed by atoms with Gasteiger partial charge in [-0.05, 0) is 74.2 Å². The molecule has 7 rings (SSSR count). The number of carbonyl (C=O) groups excluding carboxylic acids is 4. The summed E-state index contributed by atoms with van der Waals surface area (Å²) < 4.78 is 63.8. The number of hydrogen-bond donors (Lipinski definition) is 5. The van der Waals surface area contributed by atoms with Crippen LogP contribution in [0.4, 0.5) is 22.8 Å². The number of hydrogen-bond acceptors (Lipinski definition) is 11. The van der Waals surface area contributed by atoms with Crippen molar-refractivity contribution in [1.82, 2.24) is 40.6 Å². The second kappa shape index (κ2) is 21.0. The Balaban J connectivity index is 1.13. The van der Waals surface area contributed by atoms with Crippen molar-refractivity contribution in [3.8, 4) is 0 Å². The van der Waals surface area contributed by atoms with Crippen molar-refractivity contribution in [2.75, 3.05) is 27.3 Å². The molecule has 376 valence electrons. The molecule has 0 radical (unpaired) electrons. The van der Waals surface area contributed by atoms with Crippen LogP contribution < -0.4 is 21.7 Å². The van der Waals surface area contributed by atoms with E-state index in [2.05, 4.69) is 56.0 Å². The quantitative estimate of drug-likeness (QED) is 0.109. The second-order valence-corrected chi connectivity index (χ2v) is 18.9.